The quantitative estimate of drug-likeness (QED) is 0.806. The summed E-state index contributed by atoms with van der Waals surface area (Å²) < 4.78 is 6.95. The standard InChI is InChI=1S/C9H13N5O/c1-3-4-14-7-6(13-9(14)10)8(15-2)12-5-11-7/h5H,3-4H2,1-2H3,(H2,10,13). The molecule has 0 aliphatic rings. The van der Waals surface area contributed by atoms with Crippen molar-refractivity contribution in [3.05, 3.63) is 6.33 Å². The maximum absolute atomic E-state index is 5.79. The lowest BCUT2D eigenvalue weighted by molar-refractivity contribution is 0.401. The summed E-state index contributed by atoms with van der Waals surface area (Å²) in [6, 6.07) is 0. The summed E-state index contributed by atoms with van der Waals surface area (Å²) in [6.07, 6.45) is 2.43. The van der Waals surface area contributed by atoms with Gasteiger partial charge in [0.25, 0.3) is 0 Å². The lowest BCUT2D eigenvalue weighted by Crippen LogP contribution is -2.03. The predicted octanol–water partition coefficient (Wildman–Crippen LogP) is 0.827. The van der Waals surface area contributed by atoms with Crippen molar-refractivity contribution in [2.45, 2.75) is 19.9 Å². The number of rotatable bonds is 3. The third-order valence-corrected chi connectivity index (χ3v) is 2.17. The summed E-state index contributed by atoms with van der Waals surface area (Å²) in [5.41, 5.74) is 7.13. The topological polar surface area (TPSA) is 78.9 Å². The van der Waals surface area contributed by atoms with Gasteiger partial charge in [0.15, 0.2) is 11.2 Å². The van der Waals surface area contributed by atoms with Crippen molar-refractivity contribution >= 4 is 17.1 Å². The Labute approximate surface area is 87.1 Å². The largest absolute Gasteiger partial charge is 0.479 e. The van der Waals surface area contributed by atoms with Crippen molar-refractivity contribution in [3.63, 3.8) is 0 Å². The summed E-state index contributed by atoms with van der Waals surface area (Å²) in [5, 5.41) is 0. The van der Waals surface area contributed by atoms with E-state index in [0.29, 0.717) is 17.3 Å². The van der Waals surface area contributed by atoms with Gasteiger partial charge in [0.2, 0.25) is 11.8 Å². The zero-order chi connectivity index (χ0) is 10.8. The molecule has 0 fully saturated rings. The molecule has 2 heterocycles. The maximum atomic E-state index is 5.79. The van der Waals surface area contributed by atoms with Gasteiger partial charge in [-0.15, -0.1) is 0 Å². The van der Waals surface area contributed by atoms with Crippen molar-refractivity contribution in [2.24, 2.45) is 0 Å². The van der Waals surface area contributed by atoms with Crippen LogP contribution in [0.5, 0.6) is 5.88 Å². The highest BCUT2D eigenvalue weighted by atomic mass is 16.5. The molecule has 0 amide bonds. The van der Waals surface area contributed by atoms with Gasteiger partial charge < -0.3 is 10.5 Å². The summed E-state index contributed by atoms with van der Waals surface area (Å²) in [6.45, 7) is 2.87. The van der Waals surface area contributed by atoms with Crippen LogP contribution in [0.3, 0.4) is 0 Å². The van der Waals surface area contributed by atoms with Crippen LogP contribution in [0.2, 0.25) is 0 Å². The van der Waals surface area contributed by atoms with E-state index in [1.807, 2.05) is 4.57 Å². The number of nitrogen functional groups attached to an aromatic ring is 1. The zero-order valence-corrected chi connectivity index (χ0v) is 8.77. The minimum absolute atomic E-state index is 0.450. The van der Waals surface area contributed by atoms with Crippen LogP contribution >= 0.6 is 0 Å². The van der Waals surface area contributed by atoms with Gasteiger partial charge in [0.05, 0.1) is 7.11 Å². The molecule has 15 heavy (non-hydrogen) atoms. The van der Waals surface area contributed by atoms with Crippen LogP contribution < -0.4 is 10.5 Å². The molecule has 2 aromatic rings. The fourth-order valence-corrected chi connectivity index (χ4v) is 1.53. The number of hydrogen-bond donors (Lipinski definition) is 1. The number of hydrogen-bond acceptors (Lipinski definition) is 5. The first-order valence-electron chi connectivity index (χ1n) is 4.78. The monoisotopic (exact) mass is 207 g/mol. The van der Waals surface area contributed by atoms with Crippen molar-refractivity contribution in [1.82, 2.24) is 19.5 Å². The number of nitrogens with two attached hydrogens (primary N) is 1. The van der Waals surface area contributed by atoms with Crippen molar-refractivity contribution in [2.75, 3.05) is 12.8 Å². The summed E-state index contributed by atoms with van der Waals surface area (Å²) in [7, 11) is 1.55. The Bertz CT molecular complexity index is 479. The van der Waals surface area contributed by atoms with E-state index >= 15 is 0 Å². The molecule has 0 bridgehead atoms. The predicted molar refractivity (Wildman–Crippen MR) is 56.6 cm³/mol. The molecule has 2 rings (SSSR count). The smallest absolute Gasteiger partial charge is 0.245 e. The van der Waals surface area contributed by atoms with Crippen LogP contribution in [0.4, 0.5) is 5.95 Å². The molecule has 0 saturated carbocycles. The first-order valence-corrected chi connectivity index (χ1v) is 4.78. The fourth-order valence-electron chi connectivity index (χ4n) is 1.53. The second-order valence-corrected chi connectivity index (χ2v) is 3.18. The number of fused-ring (bicyclic) bond motifs is 1. The summed E-state index contributed by atoms with van der Waals surface area (Å²) in [5.74, 6) is 0.909. The van der Waals surface area contributed by atoms with E-state index in [0.717, 1.165) is 18.6 Å². The number of ether oxygens (including phenoxy) is 1. The number of aromatic nitrogens is 4. The van der Waals surface area contributed by atoms with Crippen molar-refractivity contribution in [1.29, 1.82) is 0 Å². The van der Waals surface area contributed by atoms with Crippen LogP contribution in [-0.2, 0) is 6.54 Å². The number of anilines is 1. The number of imidazole rings is 1. The first kappa shape index (κ1) is 9.70. The molecule has 6 nitrogen and oxygen atoms in total. The fraction of sp³-hybridized carbons (Fsp3) is 0.444. The molecule has 0 radical (unpaired) electrons. The normalized spacial score (nSPS) is 10.8. The van der Waals surface area contributed by atoms with Gasteiger partial charge in [0.1, 0.15) is 6.33 Å². The molecule has 2 N–H and O–H groups in total. The molecule has 6 heteroatoms. The Morgan fingerprint density at radius 1 is 1.47 bits per heavy atom. The summed E-state index contributed by atoms with van der Waals surface area (Å²) >= 11 is 0. The second-order valence-electron chi connectivity index (χ2n) is 3.18. The second kappa shape index (κ2) is 3.72. The van der Waals surface area contributed by atoms with Crippen LogP contribution in [-0.4, -0.2) is 26.6 Å². The molecule has 0 atom stereocenters. The van der Waals surface area contributed by atoms with Crippen LogP contribution in [0.25, 0.3) is 11.2 Å². The van der Waals surface area contributed by atoms with Gasteiger partial charge in [-0.3, -0.25) is 4.57 Å². The molecule has 2 aromatic heterocycles. The van der Waals surface area contributed by atoms with Crippen LogP contribution in [0.1, 0.15) is 13.3 Å². The third-order valence-electron chi connectivity index (χ3n) is 2.17. The van der Waals surface area contributed by atoms with E-state index in [1.54, 1.807) is 7.11 Å². The number of aryl methyl sites for hydroxylation is 1. The lowest BCUT2D eigenvalue weighted by atomic mass is 10.4. The van der Waals surface area contributed by atoms with Crippen LogP contribution in [0.15, 0.2) is 6.33 Å². The molecule has 0 unspecified atom stereocenters. The van der Waals surface area contributed by atoms with E-state index in [2.05, 4.69) is 21.9 Å². The highest BCUT2D eigenvalue weighted by Gasteiger charge is 2.13. The molecule has 0 aromatic carbocycles. The van der Waals surface area contributed by atoms with E-state index in [-0.39, 0.29) is 0 Å². The average Bonchev–Trinajstić information content (AvgIpc) is 2.56. The first-order chi connectivity index (χ1) is 7.27. The Morgan fingerprint density at radius 3 is 2.93 bits per heavy atom. The van der Waals surface area contributed by atoms with E-state index in [1.165, 1.54) is 6.33 Å². The Morgan fingerprint density at radius 2 is 2.27 bits per heavy atom. The van der Waals surface area contributed by atoms with E-state index in [9.17, 15) is 0 Å². The Hall–Kier alpha value is -1.85. The Balaban J connectivity index is 2.67. The maximum Gasteiger partial charge on any atom is 0.245 e. The zero-order valence-electron chi connectivity index (χ0n) is 8.77. The average molecular weight is 207 g/mol. The number of nitrogens with zero attached hydrogens (tertiary/aromatic N) is 4. The molecule has 0 spiro atoms. The minimum atomic E-state index is 0.450. The molecule has 0 saturated heterocycles. The van der Waals surface area contributed by atoms with E-state index < -0.39 is 0 Å². The lowest BCUT2D eigenvalue weighted by Gasteiger charge is -2.02. The van der Waals surface area contributed by atoms with Gasteiger partial charge in [-0.05, 0) is 6.42 Å². The molecular weight excluding hydrogens is 194 g/mol. The molecule has 80 valence electrons. The van der Waals surface area contributed by atoms with E-state index in [4.69, 9.17) is 10.5 Å². The van der Waals surface area contributed by atoms with Gasteiger partial charge in [-0.2, -0.15) is 4.98 Å². The number of methoxy groups -OCH3 is 1. The Kier molecular flexibility index (Phi) is 2.40. The third kappa shape index (κ3) is 1.47. The highest BCUT2D eigenvalue weighted by molar-refractivity contribution is 5.78. The van der Waals surface area contributed by atoms with Gasteiger partial charge >= 0.3 is 0 Å². The minimum Gasteiger partial charge on any atom is -0.479 e. The van der Waals surface area contributed by atoms with Gasteiger partial charge in [-0.1, -0.05) is 6.92 Å². The van der Waals surface area contributed by atoms with Crippen LogP contribution in [0, 0.1) is 0 Å². The highest BCUT2D eigenvalue weighted by Crippen LogP contribution is 2.22. The molecule has 0 aliphatic heterocycles. The molecular formula is C9H13N5O. The van der Waals surface area contributed by atoms with Crippen molar-refractivity contribution < 1.29 is 4.74 Å². The van der Waals surface area contributed by atoms with Gasteiger partial charge in [0, 0.05) is 6.54 Å². The molecule has 0 aliphatic carbocycles. The van der Waals surface area contributed by atoms with Crippen molar-refractivity contribution in [3.8, 4) is 5.88 Å². The SMILES string of the molecule is CCCn1c(N)nc2c(OC)ncnc21. The summed E-state index contributed by atoms with van der Waals surface area (Å²) in [4.78, 5) is 12.3. The van der Waals surface area contributed by atoms with Gasteiger partial charge in [-0.25, -0.2) is 9.97 Å².